The van der Waals surface area contributed by atoms with E-state index in [2.05, 4.69) is 41.3 Å². The van der Waals surface area contributed by atoms with Crippen molar-refractivity contribution in [2.45, 2.75) is 59.5 Å². The van der Waals surface area contributed by atoms with E-state index in [0.717, 1.165) is 24.2 Å². The lowest BCUT2D eigenvalue weighted by atomic mass is 10.1. The van der Waals surface area contributed by atoms with Crippen LogP contribution in [0.5, 0.6) is 5.75 Å². The summed E-state index contributed by atoms with van der Waals surface area (Å²) in [5.74, 6) is 1.55. The monoisotopic (exact) mass is 386 g/mol. The second kappa shape index (κ2) is 10.6. The van der Waals surface area contributed by atoms with E-state index in [4.69, 9.17) is 4.74 Å². The number of benzene rings is 1. The predicted octanol–water partition coefficient (Wildman–Crippen LogP) is 3.10. The number of H-pyrrole nitrogens is 1. The van der Waals surface area contributed by atoms with E-state index in [9.17, 15) is 9.59 Å². The van der Waals surface area contributed by atoms with Crippen molar-refractivity contribution in [1.29, 1.82) is 0 Å². The zero-order valence-electron chi connectivity index (χ0n) is 17.1. The summed E-state index contributed by atoms with van der Waals surface area (Å²) in [4.78, 5) is 26.9. The molecule has 0 saturated heterocycles. The Morgan fingerprint density at radius 1 is 1.25 bits per heavy atom. The first kappa shape index (κ1) is 21.6. The number of hydrogen-bond donors (Lipinski definition) is 2. The minimum Gasteiger partial charge on any atom is -0.491 e. The summed E-state index contributed by atoms with van der Waals surface area (Å²) >= 11 is 0. The Labute approximate surface area is 165 Å². The largest absolute Gasteiger partial charge is 0.491 e. The van der Waals surface area contributed by atoms with Gasteiger partial charge in [0.15, 0.2) is 5.82 Å². The van der Waals surface area contributed by atoms with Gasteiger partial charge in [-0.25, -0.2) is 0 Å². The third kappa shape index (κ3) is 6.79. The van der Waals surface area contributed by atoms with E-state index in [1.165, 1.54) is 0 Å². The summed E-state index contributed by atoms with van der Waals surface area (Å²) in [6, 6.07) is 7.38. The number of carbonyl (C=O) groups excluding carboxylic acids is 1. The molecular formula is C21H30N4O3. The van der Waals surface area contributed by atoms with Crippen LogP contribution >= 0.6 is 0 Å². The standard InChI is InChI=1S/C21H30N4O3/c1-5-15(4)28-17-8-6-7-16(13-17)20-23-21(27)18(24-25-20)9-10-19(26)22-12-11-14(2)3/h6-8,13-15H,5,9-12H2,1-4H3,(H,22,26)(H,23,25,27). The van der Waals surface area contributed by atoms with Crippen molar-refractivity contribution < 1.29 is 9.53 Å². The number of aromatic nitrogens is 3. The molecule has 0 aliphatic rings. The number of aromatic amines is 1. The van der Waals surface area contributed by atoms with Gasteiger partial charge in [-0.2, -0.15) is 0 Å². The molecule has 1 unspecified atom stereocenters. The van der Waals surface area contributed by atoms with Crippen LogP contribution in [0, 0.1) is 5.92 Å². The van der Waals surface area contributed by atoms with Crippen molar-refractivity contribution in [2.75, 3.05) is 6.54 Å². The average molecular weight is 386 g/mol. The van der Waals surface area contributed by atoms with Crippen molar-refractivity contribution in [3.05, 3.63) is 40.3 Å². The van der Waals surface area contributed by atoms with Gasteiger partial charge in [-0.3, -0.25) is 9.59 Å². The first-order valence-corrected chi connectivity index (χ1v) is 9.88. The fraction of sp³-hybridized carbons (Fsp3) is 0.524. The lowest BCUT2D eigenvalue weighted by Crippen LogP contribution is -2.27. The molecule has 2 rings (SSSR count). The molecule has 2 N–H and O–H groups in total. The van der Waals surface area contributed by atoms with Crippen molar-refractivity contribution in [3.63, 3.8) is 0 Å². The maximum absolute atomic E-state index is 12.3. The van der Waals surface area contributed by atoms with Crippen LogP contribution in [-0.2, 0) is 11.2 Å². The van der Waals surface area contributed by atoms with E-state index in [-0.39, 0.29) is 36.1 Å². The van der Waals surface area contributed by atoms with Gasteiger partial charge in [-0.05, 0) is 37.8 Å². The van der Waals surface area contributed by atoms with Gasteiger partial charge in [0.25, 0.3) is 5.56 Å². The van der Waals surface area contributed by atoms with Gasteiger partial charge < -0.3 is 15.0 Å². The van der Waals surface area contributed by atoms with Crippen molar-refractivity contribution in [3.8, 4) is 17.1 Å². The molecule has 0 radical (unpaired) electrons. The number of nitrogens with one attached hydrogen (secondary N) is 2. The summed E-state index contributed by atoms with van der Waals surface area (Å²) in [5, 5.41) is 11.0. The third-order valence-corrected chi connectivity index (χ3v) is 4.42. The van der Waals surface area contributed by atoms with Gasteiger partial charge in [-0.1, -0.05) is 32.9 Å². The topological polar surface area (TPSA) is 97.0 Å². The summed E-state index contributed by atoms with van der Waals surface area (Å²) in [6.45, 7) is 8.92. The van der Waals surface area contributed by atoms with Crippen molar-refractivity contribution >= 4 is 5.91 Å². The Kier molecular flexibility index (Phi) is 8.17. The Morgan fingerprint density at radius 2 is 2.04 bits per heavy atom. The van der Waals surface area contributed by atoms with Gasteiger partial charge in [0, 0.05) is 24.9 Å². The van der Waals surface area contributed by atoms with Gasteiger partial charge >= 0.3 is 0 Å². The Bertz CT molecular complexity index is 832. The lowest BCUT2D eigenvalue weighted by molar-refractivity contribution is -0.121. The molecule has 28 heavy (non-hydrogen) atoms. The fourth-order valence-corrected chi connectivity index (χ4v) is 2.51. The minimum absolute atomic E-state index is 0.0826. The second-order valence-corrected chi connectivity index (χ2v) is 7.35. The van der Waals surface area contributed by atoms with Gasteiger partial charge in [0.05, 0.1) is 6.10 Å². The van der Waals surface area contributed by atoms with E-state index in [0.29, 0.717) is 18.3 Å². The highest BCUT2D eigenvalue weighted by atomic mass is 16.5. The zero-order valence-corrected chi connectivity index (χ0v) is 17.1. The van der Waals surface area contributed by atoms with Crippen LogP contribution in [0.3, 0.4) is 0 Å². The molecule has 1 heterocycles. The van der Waals surface area contributed by atoms with Crippen LogP contribution in [-0.4, -0.2) is 33.7 Å². The molecule has 1 amide bonds. The maximum Gasteiger partial charge on any atom is 0.273 e. The van der Waals surface area contributed by atoms with Crippen molar-refractivity contribution in [2.24, 2.45) is 5.92 Å². The Morgan fingerprint density at radius 3 is 2.71 bits per heavy atom. The van der Waals surface area contributed by atoms with E-state index >= 15 is 0 Å². The summed E-state index contributed by atoms with van der Waals surface area (Å²) < 4.78 is 5.81. The summed E-state index contributed by atoms with van der Waals surface area (Å²) in [6.07, 6.45) is 2.41. The zero-order chi connectivity index (χ0) is 20.5. The fourth-order valence-electron chi connectivity index (χ4n) is 2.51. The highest BCUT2D eigenvalue weighted by molar-refractivity contribution is 5.76. The Hall–Kier alpha value is -2.70. The van der Waals surface area contributed by atoms with Crippen LogP contribution in [0.25, 0.3) is 11.4 Å². The number of aryl methyl sites for hydroxylation is 1. The summed E-state index contributed by atoms with van der Waals surface area (Å²) in [7, 11) is 0. The van der Waals surface area contributed by atoms with Crippen molar-refractivity contribution in [1.82, 2.24) is 20.5 Å². The smallest absolute Gasteiger partial charge is 0.273 e. The molecule has 0 bridgehead atoms. The number of nitrogens with zero attached hydrogens (tertiary/aromatic N) is 2. The number of hydrogen-bond acceptors (Lipinski definition) is 5. The molecule has 0 aliphatic heterocycles. The molecule has 0 fully saturated rings. The molecule has 7 heteroatoms. The van der Waals surface area contributed by atoms with Crippen LogP contribution in [0.2, 0.25) is 0 Å². The molecule has 7 nitrogen and oxygen atoms in total. The molecule has 1 aromatic carbocycles. The second-order valence-electron chi connectivity index (χ2n) is 7.35. The highest BCUT2D eigenvalue weighted by Crippen LogP contribution is 2.21. The SMILES string of the molecule is CCC(C)Oc1cccc(-c2nnc(CCC(=O)NCCC(C)C)c(=O)[nH]2)c1. The van der Waals surface area contributed by atoms with Crippen LogP contribution in [0.4, 0.5) is 0 Å². The number of amides is 1. The van der Waals surface area contributed by atoms with Gasteiger partial charge in [-0.15, -0.1) is 10.2 Å². The molecule has 1 aromatic heterocycles. The van der Waals surface area contributed by atoms with E-state index < -0.39 is 0 Å². The molecule has 0 aliphatic carbocycles. The molecule has 2 aromatic rings. The molecular weight excluding hydrogens is 356 g/mol. The molecule has 152 valence electrons. The van der Waals surface area contributed by atoms with Crippen LogP contribution in [0.15, 0.2) is 29.1 Å². The summed E-state index contributed by atoms with van der Waals surface area (Å²) in [5.41, 5.74) is 0.659. The lowest BCUT2D eigenvalue weighted by Gasteiger charge is -2.13. The third-order valence-electron chi connectivity index (χ3n) is 4.42. The number of rotatable bonds is 10. The normalized spacial score (nSPS) is 12.0. The first-order valence-electron chi connectivity index (χ1n) is 9.88. The van der Waals surface area contributed by atoms with Crippen LogP contribution in [0.1, 0.15) is 52.7 Å². The quantitative estimate of drug-likeness (QED) is 0.654. The Balaban J connectivity index is 1.99. The number of carbonyl (C=O) groups is 1. The number of ether oxygens (including phenoxy) is 1. The van der Waals surface area contributed by atoms with Crippen LogP contribution < -0.4 is 15.6 Å². The van der Waals surface area contributed by atoms with Gasteiger partial charge in [0.1, 0.15) is 11.4 Å². The molecule has 1 atom stereocenters. The molecule has 0 saturated carbocycles. The predicted molar refractivity (Wildman–Crippen MR) is 109 cm³/mol. The first-order chi connectivity index (χ1) is 13.4. The van der Waals surface area contributed by atoms with E-state index in [1.54, 1.807) is 0 Å². The van der Waals surface area contributed by atoms with Gasteiger partial charge in [0.2, 0.25) is 5.91 Å². The maximum atomic E-state index is 12.3. The molecule has 0 spiro atoms. The average Bonchev–Trinajstić information content (AvgIpc) is 2.66. The van der Waals surface area contributed by atoms with E-state index in [1.807, 2.05) is 31.2 Å². The highest BCUT2D eigenvalue weighted by Gasteiger charge is 2.10. The minimum atomic E-state index is -0.326.